The fraction of sp³-hybridized carbons (Fsp3) is 0.600. The van der Waals surface area contributed by atoms with E-state index < -0.39 is 0 Å². The number of aromatic nitrogens is 2. The van der Waals surface area contributed by atoms with Crippen LogP contribution in [0.25, 0.3) is 0 Å². The maximum absolute atomic E-state index is 4.42. The first kappa shape index (κ1) is 10.1. The molecule has 72 valence electrons. The highest BCUT2D eigenvalue weighted by Crippen LogP contribution is 2.07. The SMILES string of the molecule is CNCCc1nc(C)c(C)c(C)n1. The standard InChI is InChI=1S/C10H17N3/c1-7-8(2)12-10(5-6-11-4)13-9(7)3/h11H,5-6H2,1-4H3. The van der Waals surface area contributed by atoms with E-state index in [4.69, 9.17) is 0 Å². The molecule has 0 spiro atoms. The summed E-state index contributed by atoms with van der Waals surface area (Å²) in [6.07, 6.45) is 0.901. The van der Waals surface area contributed by atoms with Crippen molar-refractivity contribution in [3.63, 3.8) is 0 Å². The minimum absolute atomic E-state index is 0.901. The monoisotopic (exact) mass is 179 g/mol. The van der Waals surface area contributed by atoms with Crippen LogP contribution in [0.2, 0.25) is 0 Å². The number of nitrogens with one attached hydrogen (secondary N) is 1. The predicted molar refractivity (Wildman–Crippen MR) is 53.9 cm³/mol. The van der Waals surface area contributed by atoms with Crippen LogP contribution in [0, 0.1) is 20.8 Å². The van der Waals surface area contributed by atoms with Crippen molar-refractivity contribution >= 4 is 0 Å². The average Bonchev–Trinajstić information content (AvgIpc) is 2.10. The van der Waals surface area contributed by atoms with Gasteiger partial charge in [-0.3, -0.25) is 0 Å². The highest BCUT2D eigenvalue weighted by Gasteiger charge is 2.03. The van der Waals surface area contributed by atoms with E-state index in [1.807, 2.05) is 20.9 Å². The third-order valence-corrected chi connectivity index (χ3v) is 2.28. The van der Waals surface area contributed by atoms with Crippen LogP contribution in [0.15, 0.2) is 0 Å². The first-order valence-corrected chi connectivity index (χ1v) is 4.60. The minimum Gasteiger partial charge on any atom is -0.319 e. The summed E-state index contributed by atoms with van der Waals surface area (Å²) in [6.45, 7) is 7.06. The lowest BCUT2D eigenvalue weighted by atomic mass is 10.2. The van der Waals surface area contributed by atoms with Gasteiger partial charge in [-0.1, -0.05) is 0 Å². The molecule has 0 aliphatic carbocycles. The van der Waals surface area contributed by atoms with Crippen LogP contribution in [0.3, 0.4) is 0 Å². The van der Waals surface area contributed by atoms with Gasteiger partial charge < -0.3 is 5.32 Å². The molecule has 1 aromatic heterocycles. The van der Waals surface area contributed by atoms with Gasteiger partial charge in [0.2, 0.25) is 0 Å². The Labute approximate surface area is 79.6 Å². The van der Waals surface area contributed by atoms with Crippen LogP contribution < -0.4 is 5.32 Å². The molecule has 0 unspecified atom stereocenters. The maximum Gasteiger partial charge on any atom is 0.130 e. The van der Waals surface area contributed by atoms with E-state index in [2.05, 4.69) is 22.2 Å². The number of aryl methyl sites for hydroxylation is 2. The number of rotatable bonds is 3. The van der Waals surface area contributed by atoms with Crippen LogP contribution >= 0.6 is 0 Å². The van der Waals surface area contributed by atoms with E-state index in [9.17, 15) is 0 Å². The summed E-state index contributed by atoms with van der Waals surface area (Å²) in [4.78, 5) is 8.84. The molecule has 3 heteroatoms. The van der Waals surface area contributed by atoms with E-state index >= 15 is 0 Å². The van der Waals surface area contributed by atoms with Crippen molar-refractivity contribution < 1.29 is 0 Å². The zero-order valence-corrected chi connectivity index (χ0v) is 8.81. The van der Waals surface area contributed by atoms with Crippen molar-refractivity contribution in [2.24, 2.45) is 0 Å². The van der Waals surface area contributed by atoms with Gasteiger partial charge in [-0.25, -0.2) is 9.97 Å². The summed E-state index contributed by atoms with van der Waals surface area (Å²) in [7, 11) is 1.94. The average molecular weight is 179 g/mol. The molecule has 0 saturated heterocycles. The molecule has 13 heavy (non-hydrogen) atoms. The molecule has 1 N–H and O–H groups in total. The lowest BCUT2D eigenvalue weighted by Gasteiger charge is -2.06. The molecular formula is C10H17N3. The van der Waals surface area contributed by atoms with Gasteiger partial charge in [-0.05, 0) is 33.4 Å². The van der Waals surface area contributed by atoms with Crippen LogP contribution in [-0.2, 0) is 6.42 Å². The fourth-order valence-corrected chi connectivity index (χ4v) is 1.19. The summed E-state index contributed by atoms with van der Waals surface area (Å²) in [5, 5.41) is 3.09. The van der Waals surface area contributed by atoms with Crippen LogP contribution in [0.4, 0.5) is 0 Å². The zero-order chi connectivity index (χ0) is 9.84. The zero-order valence-electron chi connectivity index (χ0n) is 8.81. The van der Waals surface area contributed by atoms with Crippen molar-refractivity contribution in [3.8, 4) is 0 Å². The van der Waals surface area contributed by atoms with E-state index in [1.54, 1.807) is 0 Å². The Kier molecular flexibility index (Phi) is 3.37. The normalized spacial score (nSPS) is 10.5. The van der Waals surface area contributed by atoms with Gasteiger partial charge in [-0.2, -0.15) is 0 Å². The molecule has 0 amide bonds. The number of likely N-dealkylation sites (N-methyl/N-ethyl adjacent to an activating group) is 1. The molecule has 0 atom stereocenters. The highest BCUT2D eigenvalue weighted by atomic mass is 14.9. The summed E-state index contributed by atoms with van der Waals surface area (Å²) in [5.41, 5.74) is 3.39. The summed E-state index contributed by atoms with van der Waals surface area (Å²) in [6, 6.07) is 0. The van der Waals surface area contributed by atoms with Crippen molar-refractivity contribution in [3.05, 3.63) is 22.8 Å². The van der Waals surface area contributed by atoms with Gasteiger partial charge in [0.05, 0.1) is 0 Å². The lowest BCUT2D eigenvalue weighted by molar-refractivity contribution is 0.744. The largest absolute Gasteiger partial charge is 0.319 e. The third kappa shape index (κ3) is 2.49. The Morgan fingerprint density at radius 2 is 1.62 bits per heavy atom. The molecule has 0 aromatic carbocycles. The van der Waals surface area contributed by atoms with Gasteiger partial charge in [0, 0.05) is 24.4 Å². The molecule has 0 aliphatic rings. The minimum atomic E-state index is 0.901. The smallest absolute Gasteiger partial charge is 0.130 e. The summed E-state index contributed by atoms with van der Waals surface area (Å²) >= 11 is 0. The molecule has 1 rings (SSSR count). The molecule has 0 bridgehead atoms. The van der Waals surface area contributed by atoms with Crippen LogP contribution in [0.1, 0.15) is 22.8 Å². The first-order chi connectivity index (χ1) is 6.15. The Hall–Kier alpha value is -0.960. The van der Waals surface area contributed by atoms with Gasteiger partial charge in [0.25, 0.3) is 0 Å². The second-order valence-electron chi connectivity index (χ2n) is 3.29. The first-order valence-electron chi connectivity index (χ1n) is 4.60. The Balaban J connectivity index is 2.86. The highest BCUT2D eigenvalue weighted by molar-refractivity contribution is 5.22. The maximum atomic E-state index is 4.42. The van der Waals surface area contributed by atoms with Crippen molar-refractivity contribution in [1.29, 1.82) is 0 Å². The number of hydrogen-bond acceptors (Lipinski definition) is 3. The number of hydrogen-bond donors (Lipinski definition) is 1. The second-order valence-corrected chi connectivity index (χ2v) is 3.29. The molecular weight excluding hydrogens is 162 g/mol. The van der Waals surface area contributed by atoms with Crippen LogP contribution in [0.5, 0.6) is 0 Å². The molecule has 1 aromatic rings. The summed E-state index contributed by atoms with van der Waals surface area (Å²) in [5.74, 6) is 0.940. The van der Waals surface area contributed by atoms with E-state index in [0.717, 1.165) is 30.2 Å². The van der Waals surface area contributed by atoms with Gasteiger partial charge >= 0.3 is 0 Å². The summed E-state index contributed by atoms with van der Waals surface area (Å²) < 4.78 is 0. The fourth-order valence-electron chi connectivity index (χ4n) is 1.19. The predicted octanol–water partition coefficient (Wildman–Crippen LogP) is 1.16. The Bertz CT molecular complexity index is 271. The van der Waals surface area contributed by atoms with Crippen molar-refractivity contribution in [1.82, 2.24) is 15.3 Å². The topological polar surface area (TPSA) is 37.8 Å². The van der Waals surface area contributed by atoms with Gasteiger partial charge in [-0.15, -0.1) is 0 Å². The molecule has 0 aliphatic heterocycles. The lowest BCUT2D eigenvalue weighted by Crippen LogP contribution is -2.13. The Morgan fingerprint density at radius 3 is 2.08 bits per heavy atom. The van der Waals surface area contributed by atoms with Crippen LogP contribution in [-0.4, -0.2) is 23.6 Å². The van der Waals surface area contributed by atoms with E-state index in [-0.39, 0.29) is 0 Å². The van der Waals surface area contributed by atoms with Crippen molar-refractivity contribution in [2.45, 2.75) is 27.2 Å². The molecule has 0 fully saturated rings. The molecule has 3 nitrogen and oxygen atoms in total. The molecule has 0 saturated carbocycles. The van der Waals surface area contributed by atoms with E-state index in [0.29, 0.717) is 0 Å². The van der Waals surface area contributed by atoms with E-state index in [1.165, 1.54) is 5.56 Å². The quantitative estimate of drug-likeness (QED) is 0.756. The molecule has 1 heterocycles. The van der Waals surface area contributed by atoms with Gasteiger partial charge in [0.15, 0.2) is 0 Å². The van der Waals surface area contributed by atoms with Crippen molar-refractivity contribution in [2.75, 3.05) is 13.6 Å². The Morgan fingerprint density at radius 1 is 1.08 bits per heavy atom. The van der Waals surface area contributed by atoms with Gasteiger partial charge in [0.1, 0.15) is 5.82 Å². The second kappa shape index (κ2) is 4.33. The molecule has 0 radical (unpaired) electrons. The number of nitrogens with zero attached hydrogens (tertiary/aromatic N) is 2. The third-order valence-electron chi connectivity index (χ3n) is 2.28.